The quantitative estimate of drug-likeness (QED) is 0.808. The molecule has 96 valence electrons. The van der Waals surface area contributed by atoms with E-state index in [0.29, 0.717) is 6.61 Å². The van der Waals surface area contributed by atoms with E-state index in [1.165, 1.54) is 0 Å². The van der Waals surface area contributed by atoms with Crippen molar-refractivity contribution in [1.82, 2.24) is 0 Å². The summed E-state index contributed by atoms with van der Waals surface area (Å²) in [5.74, 6) is 0. The van der Waals surface area contributed by atoms with Crippen molar-refractivity contribution in [2.75, 3.05) is 27.9 Å². The zero-order chi connectivity index (χ0) is 12.3. The fourth-order valence-electron chi connectivity index (χ4n) is 2.25. The summed E-state index contributed by atoms with van der Waals surface area (Å²) < 4.78 is 22.2. The van der Waals surface area contributed by atoms with Crippen molar-refractivity contribution in [2.24, 2.45) is 0 Å². The van der Waals surface area contributed by atoms with Crippen LogP contribution in [0, 0.1) is 0 Å². The predicted molar refractivity (Wildman–Crippen MR) is 65.4 cm³/mol. The highest BCUT2D eigenvalue weighted by molar-refractivity contribution is 7.10. The summed E-state index contributed by atoms with van der Waals surface area (Å²) in [7, 11) is 5.03. The first-order chi connectivity index (χ1) is 8.31. The second kappa shape index (κ2) is 5.93. The molecule has 0 spiro atoms. The topological polar surface area (TPSA) is 36.9 Å². The molecule has 4 nitrogen and oxygen atoms in total. The first-order valence-electron chi connectivity index (χ1n) is 5.55. The van der Waals surface area contributed by atoms with Crippen LogP contribution < -0.4 is 0 Å². The molecule has 1 aliphatic heterocycles. The van der Waals surface area contributed by atoms with Crippen LogP contribution in [0.1, 0.15) is 11.0 Å². The van der Waals surface area contributed by atoms with Gasteiger partial charge in [-0.25, -0.2) is 0 Å². The molecule has 4 atom stereocenters. The molecule has 0 N–H and O–H groups in total. The maximum atomic E-state index is 5.99. The SMILES string of the molecule is COC[C@H]1O[C@H](c2cccs2)[C@H](OC)[C@H]1OC. The average Bonchev–Trinajstić information content (AvgIpc) is 2.95. The molecule has 1 aliphatic rings. The molecule has 0 bridgehead atoms. The summed E-state index contributed by atoms with van der Waals surface area (Å²) in [5, 5.41) is 2.04. The van der Waals surface area contributed by atoms with E-state index in [9.17, 15) is 0 Å². The third-order valence-corrected chi connectivity index (χ3v) is 3.94. The largest absolute Gasteiger partial charge is 0.382 e. The van der Waals surface area contributed by atoms with Gasteiger partial charge in [-0.15, -0.1) is 11.3 Å². The Labute approximate surface area is 105 Å². The molecular formula is C12H18O4S. The van der Waals surface area contributed by atoms with Gasteiger partial charge in [-0.1, -0.05) is 6.07 Å². The molecule has 5 heteroatoms. The minimum Gasteiger partial charge on any atom is -0.382 e. The molecule has 1 aromatic rings. The van der Waals surface area contributed by atoms with Gasteiger partial charge in [-0.05, 0) is 11.4 Å². The second-order valence-corrected chi connectivity index (χ2v) is 4.95. The van der Waals surface area contributed by atoms with E-state index < -0.39 is 0 Å². The van der Waals surface area contributed by atoms with E-state index in [4.69, 9.17) is 18.9 Å². The van der Waals surface area contributed by atoms with Crippen molar-refractivity contribution in [1.29, 1.82) is 0 Å². The normalized spacial score (nSPS) is 33.1. The first kappa shape index (κ1) is 13.0. The van der Waals surface area contributed by atoms with Crippen LogP contribution in [-0.2, 0) is 18.9 Å². The summed E-state index contributed by atoms with van der Waals surface area (Å²) in [6.45, 7) is 0.514. The van der Waals surface area contributed by atoms with Gasteiger partial charge >= 0.3 is 0 Å². The number of ether oxygens (including phenoxy) is 4. The molecule has 0 saturated carbocycles. The average molecular weight is 258 g/mol. The Morgan fingerprint density at radius 3 is 2.53 bits per heavy atom. The van der Waals surface area contributed by atoms with Crippen LogP contribution in [0.5, 0.6) is 0 Å². The van der Waals surface area contributed by atoms with Crippen LogP contribution in [0.4, 0.5) is 0 Å². The lowest BCUT2D eigenvalue weighted by Gasteiger charge is -2.20. The van der Waals surface area contributed by atoms with Gasteiger partial charge in [-0.2, -0.15) is 0 Å². The Morgan fingerprint density at radius 1 is 1.24 bits per heavy atom. The summed E-state index contributed by atoms with van der Waals surface area (Å²) in [4.78, 5) is 1.16. The van der Waals surface area contributed by atoms with Crippen LogP contribution in [0.3, 0.4) is 0 Å². The molecule has 0 amide bonds. The minimum absolute atomic E-state index is 0.0647. The number of hydrogen-bond donors (Lipinski definition) is 0. The standard InChI is InChI=1S/C12H18O4S/c1-13-7-8-10(14-2)12(15-3)11(16-8)9-5-4-6-17-9/h4-6,8,10-12H,7H2,1-3H3/t8-,10+,11-,12-/m1/s1. The summed E-state index contributed by atoms with van der Waals surface area (Å²) in [6.07, 6.45) is -0.321. The van der Waals surface area contributed by atoms with Gasteiger partial charge in [0, 0.05) is 26.2 Å². The van der Waals surface area contributed by atoms with Gasteiger partial charge < -0.3 is 18.9 Å². The predicted octanol–water partition coefficient (Wildman–Crippen LogP) is 1.86. The van der Waals surface area contributed by atoms with Crippen LogP contribution >= 0.6 is 11.3 Å². The molecule has 1 fully saturated rings. The zero-order valence-corrected chi connectivity index (χ0v) is 11.1. The Hall–Kier alpha value is -0.460. The maximum absolute atomic E-state index is 5.99. The smallest absolute Gasteiger partial charge is 0.121 e. The van der Waals surface area contributed by atoms with E-state index in [2.05, 4.69) is 6.07 Å². The molecule has 0 aromatic carbocycles. The van der Waals surface area contributed by atoms with E-state index in [-0.39, 0.29) is 24.4 Å². The van der Waals surface area contributed by atoms with Gasteiger partial charge in [0.1, 0.15) is 24.4 Å². The number of rotatable bonds is 5. The highest BCUT2D eigenvalue weighted by atomic mass is 32.1. The van der Waals surface area contributed by atoms with Crippen LogP contribution in [0.15, 0.2) is 17.5 Å². The molecule has 0 unspecified atom stereocenters. The Balaban J connectivity index is 2.17. The second-order valence-electron chi connectivity index (χ2n) is 3.97. The van der Waals surface area contributed by atoms with E-state index in [1.807, 2.05) is 11.4 Å². The highest BCUT2D eigenvalue weighted by Gasteiger charge is 2.46. The molecule has 1 saturated heterocycles. The van der Waals surface area contributed by atoms with Crippen LogP contribution in [-0.4, -0.2) is 46.2 Å². The number of thiophene rings is 1. The first-order valence-corrected chi connectivity index (χ1v) is 6.43. The van der Waals surface area contributed by atoms with E-state index in [1.54, 1.807) is 32.7 Å². The van der Waals surface area contributed by atoms with Crippen molar-refractivity contribution in [3.8, 4) is 0 Å². The lowest BCUT2D eigenvalue weighted by atomic mass is 10.1. The third kappa shape index (κ3) is 2.53. The van der Waals surface area contributed by atoms with Crippen molar-refractivity contribution >= 4 is 11.3 Å². The monoisotopic (exact) mass is 258 g/mol. The maximum Gasteiger partial charge on any atom is 0.121 e. The molecule has 2 rings (SSSR count). The van der Waals surface area contributed by atoms with Crippen molar-refractivity contribution in [3.63, 3.8) is 0 Å². The molecule has 17 heavy (non-hydrogen) atoms. The fraction of sp³-hybridized carbons (Fsp3) is 0.667. The van der Waals surface area contributed by atoms with Gasteiger partial charge in [-0.3, -0.25) is 0 Å². The summed E-state index contributed by atoms with van der Waals surface area (Å²) >= 11 is 1.67. The molecule has 0 aliphatic carbocycles. The molecule has 2 heterocycles. The molecule has 1 aromatic heterocycles. The lowest BCUT2D eigenvalue weighted by Crippen LogP contribution is -2.36. The van der Waals surface area contributed by atoms with Crippen molar-refractivity contribution in [2.45, 2.75) is 24.4 Å². The Morgan fingerprint density at radius 2 is 2.00 bits per heavy atom. The van der Waals surface area contributed by atoms with Gasteiger partial charge in [0.2, 0.25) is 0 Å². The fourth-order valence-corrected chi connectivity index (χ4v) is 3.05. The molecule has 0 radical (unpaired) electrons. The number of methoxy groups -OCH3 is 3. The Bertz CT molecular complexity index is 327. The van der Waals surface area contributed by atoms with E-state index >= 15 is 0 Å². The number of hydrogen-bond acceptors (Lipinski definition) is 5. The van der Waals surface area contributed by atoms with Crippen LogP contribution in [0.2, 0.25) is 0 Å². The summed E-state index contributed by atoms with van der Waals surface area (Å²) in [6, 6.07) is 4.07. The highest BCUT2D eigenvalue weighted by Crippen LogP contribution is 2.38. The molecular weight excluding hydrogens is 240 g/mol. The zero-order valence-electron chi connectivity index (χ0n) is 10.3. The van der Waals surface area contributed by atoms with Crippen molar-refractivity contribution < 1.29 is 18.9 Å². The lowest BCUT2D eigenvalue weighted by molar-refractivity contribution is -0.0477. The third-order valence-electron chi connectivity index (χ3n) is 3.01. The minimum atomic E-state index is -0.0907. The summed E-state index contributed by atoms with van der Waals surface area (Å²) in [5.41, 5.74) is 0. The van der Waals surface area contributed by atoms with Crippen molar-refractivity contribution in [3.05, 3.63) is 22.4 Å². The van der Waals surface area contributed by atoms with E-state index in [0.717, 1.165) is 4.88 Å². The van der Waals surface area contributed by atoms with Gasteiger partial charge in [0.05, 0.1) is 6.61 Å². The van der Waals surface area contributed by atoms with Gasteiger partial charge in [0.25, 0.3) is 0 Å². The van der Waals surface area contributed by atoms with Gasteiger partial charge in [0.15, 0.2) is 0 Å². The Kier molecular flexibility index (Phi) is 4.53. The van der Waals surface area contributed by atoms with Crippen LogP contribution in [0.25, 0.3) is 0 Å².